The van der Waals surface area contributed by atoms with Crippen LogP contribution in [0.2, 0.25) is 0 Å². The number of aryl methyl sites for hydroxylation is 1. The largest absolute Gasteiger partial charge is 1.00 e. The van der Waals surface area contributed by atoms with Gasteiger partial charge in [-0.1, -0.05) is 17.7 Å². The number of methoxy groups -OCH3 is 1. The maximum Gasteiger partial charge on any atom is 1.00 e. The van der Waals surface area contributed by atoms with E-state index in [9.17, 15) is 18.1 Å². The molecule has 34 heavy (non-hydrogen) atoms. The van der Waals surface area contributed by atoms with Crippen molar-refractivity contribution in [2.45, 2.75) is 11.8 Å². The van der Waals surface area contributed by atoms with Crippen molar-refractivity contribution in [2.75, 3.05) is 7.11 Å². The van der Waals surface area contributed by atoms with Crippen LogP contribution in [0.4, 0.5) is 22.7 Å². The van der Waals surface area contributed by atoms with Gasteiger partial charge in [-0.2, -0.15) is 15.3 Å². The maximum absolute atomic E-state index is 11.5. The Balaban J connectivity index is 0. The number of azo groups is 2. The number of nitrogens with zero attached hydrogens (tertiary/aromatic N) is 4. The molecule has 3 aromatic rings. The predicted molar refractivity (Wildman–Crippen MR) is 106 cm³/mol. The Morgan fingerprint density at radius 3 is 1.91 bits per heavy atom. The molecule has 0 atom stereocenters. The van der Waals surface area contributed by atoms with Gasteiger partial charge in [0.25, 0.3) is 0 Å². The van der Waals surface area contributed by atoms with Crippen molar-refractivity contribution in [2.24, 2.45) is 20.5 Å². The van der Waals surface area contributed by atoms with Gasteiger partial charge in [0.1, 0.15) is 21.6 Å². The number of hydrogen-bond acceptors (Lipinski definition) is 9. The summed E-state index contributed by atoms with van der Waals surface area (Å²) in [5, 5.41) is 27.7. The average molecular weight is 452 g/mol. The van der Waals surface area contributed by atoms with Crippen LogP contribution in [-0.2, 0) is 10.1 Å². The number of hydrogen-bond donors (Lipinski definition) is 0. The molecule has 3 aromatic carbocycles. The summed E-state index contributed by atoms with van der Waals surface area (Å²) in [5.74, 6) is 0.322. The molecule has 0 saturated carbocycles. The van der Waals surface area contributed by atoms with Crippen LogP contribution in [0.25, 0.3) is 0 Å². The van der Waals surface area contributed by atoms with Crippen LogP contribution in [0.3, 0.4) is 0 Å². The summed E-state index contributed by atoms with van der Waals surface area (Å²) < 4.78 is 38.6. The van der Waals surface area contributed by atoms with Gasteiger partial charge in [0.2, 0.25) is 0 Å². The quantitative estimate of drug-likeness (QED) is 0.208. The monoisotopic (exact) mass is 452 g/mol. The van der Waals surface area contributed by atoms with Crippen molar-refractivity contribution in [3.8, 4) is 11.5 Å². The summed E-state index contributed by atoms with van der Waals surface area (Å²) in [6, 6.07) is 14.7. The summed E-state index contributed by atoms with van der Waals surface area (Å²) in [6.45, 7) is 1.70. The molecule has 0 amide bonds. The Morgan fingerprint density at radius 1 is 0.765 bits per heavy atom. The summed E-state index contributed by atoms with van der Waals surface area (Å²) >= 11 is 0. The third-order valence-electron chi connectivity index (χ3n) is 3.98. The predicted octanol–water partition coefficient (Wildman–Crippen LogP) is -7.17. The second kappa shape index (κ2) is 15.7. The van der Waals surface area contributed by atoms with Crippen LogP contribution in [0, 0.1) is 6.92 Å². The molecule has 0 unspecified atom stereocenters. The molecule has 0 aliphatic carbocycles. The van der Waals surface area contributed by atoms with Crippen molar-refractivity contribution in [1.82, 2.24) is 0 Å². The molecule has 0 spiro atoms. The standard InChI is InChI=1S/C20H18N4O5S.4Li/c1-13-10-15(7-9-19(13)25)23-24-18-8-6-16(12-20(18)29-2)22-21-14-4-3-5-17(11-14)30(26,27)28;;;;/h3-12,25H,1-2H3,(H,26,27,28);;;;/q;4*+1/p-2. The molecule has 0 aliphatic heterocycles. The molecule has 0 saturated heterocycles. The molecule has 0 aliphatic rings. The van der Waals surface area contributed by atoms with Crippen molar-refractivity contribution in [1.29, 1.82) is 0 Å². The maximum atomic E-state index is 11.5. The van der Waals surface area contributed by atoms with E-state index in [4.69, 9.17) is 4.74 Å². The molecule has 0 N–H and O–H groups in total. The first-order valence-corrected chi connectivity index (χ1v) is 10.0. The van der Waals surface area contributed by atoms with Crippen LogP contribution in [0.1, 0.15) is 5.56 Å². The molecule has 0 aromatic heterocycles. The molecule has 154 valence electrons. The van der Waals surface area contributed by atoms with Crippen molar-refractivity contribution in [3.63, 3.8) is 0 Å². The zero-order valence-corrected chi connectivity index (χ0v) is 20.8. The van der Waals surface area contributed by atoms with E-state index < -0.39 is 10.1 Å². The van der Waals surface area contributed by atoms with Gasteiger partial charge in [-0.3, -0.25) is 0 Å². The summed E-state index contributed by atoms with van der Waals surface area (Å²) in [6.07, 6.45) is 0. The average Bonchev–Trinajstić information content (AvgIpc) is 2.73. The van der Waals surface area contributed by atoms with Gasteiger partial charge in [-0.25, -0.2) is 8.42 Å². The summed E-state index contributed by atoms with van der Waals surface area (Å²) in [4.78, 5) is -0.382. The van der Waals surface area contributed by atoms with Crippen LogP contribution < -0.4 is 85.3 Å². The first kappa shape index (κ1) is 34.9. The fourth-order valence-electron chi connectivity index (χ4n) is 2.44. The number of benzene rings is 3. The van der Waals surface area contributed by atoms with E-state index in [2.05, 4.69) is 20.5 Å². The van der Waals surface area contributed by atoms with Crippen molar-refractivity contribution < 1.29 is 98.3 Å². The molecule has 0 bridgehead atoms. The summed E-state index contributed by atoms with van der Waals surface area (Å²) in [7, 11) is -3.10. The molecule has 0 heterocycles. The van der Waals surface area contributed by atoms with Crippen molar-refractivity contribution >= 4 is 32.9 Å². The molecule has 0 radical (unpaired) electrons. The van der Waals surface area contributed by atoms with E-state index >= 15 is 0 Å². The Hall–Kier alpha value is -1.24. The first-order chi connectivity index (χ1) is 14.3. The van der Waals surface area contributed by atoms with Gasteiger partial charge in [0.05, 0.1) is 29.1 Å². The third-order valence-corrected chi connectivity index (χ3v) is 4.81. The fourth-order valence-corrected chi connectivity index (χ4v) is 2.95. The van der Waals surface area contributed by atoms with E-state index in [0.717, 1.165) is 6.07 Å². The van der Waals surface area contributed by atoms with Crippen LogP contribution in [-0.4, -0.2) is 20.1 Å². The molecule has 0 fully saturated rings. The normalized spacial score (nSPS) is 10.6. The van der Waals surface area contributed by atoms with E-state index in [1.165, 1.54) is 31.4 Å². The van der Waals surface area contributed by atoms with Crippen molar-refractivity contribution in [3.05, 3.63) is 66.2 Å². The Labute approximate surface area is 246 Å². The number of ether oxygens (including phenoxy) is 1. The van der Waals surface area contributed by atoms with Gasteiger partial charge in [-0.05, 0) is 49.4 Å². The zero-order valence-electron chi connectivity index (χ0n) is 20.0. The van der Waals surface area contributed by atoms with Crippen LogP contribution >= 0.6 is 0 Å². The van der Waals surface area contributed by atoms with Gasteiger partial charge in [-0.15, -0.1) is 10.9 Å². The van der Waals surface area contributed by atoms with E-state index in [0.29, 0.717) is 28.4 Å². The molecule has 14 heteroatoms. The number of rotatable bonds is 6. The first-order valence-electron chi connectivity index (χ1n) is 8.61. The molecule has 9 nitrogen and oxygen atoms in total. The Kier molecular flexibility index (Phi) is 16.1. The second-order valence-corrected chi connectivity index (χ2v) is 7.54. The van der Waals surface area contributed by atoms with E-state index in [1.807, 2.05) is 0 Å². The molecular formula is C20H16Li4N4O5S+2. The second-order valence-electron chi connectivity index (χ2n) is 6.16. The van der Waals surface area contributed by atoms with E-state index in [-0.39, 0.29) is 91.8 Å². The minimum atomic E-state index is -4.57. The Morgan fingerprint density at radius 2 is 1.32 bits per heavy atom. The minimum absolute atomic E-state index is 0. The third kappa shape index (κ3) is 9.79. The van der Waals surface area contributed by atoms with E-state index in [1.54, 1.807) is 37.3 Å². The van der Waals surface area contributed by atoms with Gasteiger partial charge >= 0.3 is 75.4 Å². The minimum Gasteiger partial charge on any atom is -0.872 e. The molecule has 3 rings (SSSR count). The fraction of sp³-hybridized carbons (Fsp3) is 0.100. The topological polar surface area (TPSA) is 139 Å². The zero-order chi connectivity index (χ0) is 21.7. The van der Waals surface area contributed by atoms with Gasteiger partial charge in [0.15, 0.2) is 0 Å². The Bertz CT molecular complexity index is 1260. The SMILES string of the molecule is COc1cc(N=Nc2cccc(S(=O)(=O)[O-])c2)ccc1N=Nc1ccc([O-])c(C)c1.[Li+].[Li+].[Li+].[Li+]. The van der Waals surface area contributed by atoms with Gasteiger partial charge < -0.3 is 14.4 Å². The van der Waals surface area contributed by atoms with Crippen LogP contribution in [0.15, 0.2) is 86.0 Å². The molecular weight excluding hydrogens is 436 g/mol. The van der Waals surface area contributed by atoms with Crippen LogP contribution in [0.5, 0.6) is 11.5 Å². The summed E-state index contributed by atoms with van der Waals surface area (Å²) in [5.41, 5.74) is 2.19. The smallest absolute Gasteiger partial charge is 0.872 e. The van der Waals surface area contributed by atoms with Gasteiger partial charge in [0, 0.05) is 6.07 Å².